The Labute approximate surface area is 164 Å². The molecule has 1 fully saturated rings. The van der Waals surface area contributed by atoms with Gasteiger partial charge in [0.05, 0.1) is 24.6 Å². The largest absolute Gasteiger partial charge is 0.497 e. The number of aromatic amines is 1. The van der Waals surface area contributed by atoms with Gasteiger partial charge in [-0.3, -0.25) is 14.9 Å². The molecule has 1 aromatic carbocycles. The minimum absolute atomic E-state index is 0.0438. The maximum atomic E-state index is 12.8. The highest BCUT2D eigenvalue weighted by atomic mass is 16.5. The number of ether oxygens (including phenoxy) is 1. The van der Waals surface area contributed by atoms with Crippen LogP contribution in [0.5, 0.6) is 5.75 Å². The molecule has 0 unspecified atom stereocenters. The molecule has 3 heterocycles. The fourth-order valence-corrected chi connectivity index (χ4v) is 3.74. The Morgan fingerprint density at radius 2 is 2.04 bits per heavy atom. The van der Waals surface area contributed by atoms with Gasteiger partial charge < -0.3 is 9.64 Å². The number of carbonyl (C=O) groups excluding carboxylic acids is 1. The number of piperidine rings is 1. The van der Waals surface area contributed by atoms with Crippen LogP contribution in [0.3, 0.4) is 0 Å². The highest BCUT2D eigenvalue weighted by Gasteiger charge is 2.27. The summed E-state index contributed by atoms with van der Waals surface area (Å²) in [6.45, 7) is 3.34. The predicted octanol–water partition coefficient (Wildman–Crippen LogP) is 3.81. The van der Waals surface area contributed by atoms with E-state index in [-0.39, 0.29) is 11.8 Å². The zero-order chi connectivity index (χ0) is 19.5. The van der Waals surface area contributed by atoms with Crippen molar-refractivity contribution in [2.45, 2.75) is 25.7 Å². The van der Waals surface area contributed by atoms with Crippen molar-refractivity contribution in [2.24, 2.45) is 0 Å². The number of benzene rings is 1. The number of aromatic nitrogens is 3. The number of likely N-dealkylation sites (tertiary alicyclic amines) is 1. The smallest absolute Gasteiger partial charge is 0.257 e. The van der Waals surface area contributed by atoms with Crippen LogP contribution in [0.2, 0.25) is 0 Å². The number of methoxy groups -OCH3 is 1. The summed E-state index contributed by atoms with van der Waals surface area (Å²) in [5, 5.41) is 6.83. The second-order valence-corrected chi connectivity index (χ2v) is 7.18. The van der Waals surface area contributed by atoms with E-state index in [0.29, 0.717) is 12.1 Å². The normalized spacial score (nSPS) is 16.8. The molecule has 1 aliphatic rings. The van der Waals surface area contributed by atoms with E-state index in [1.165, 1.54) is 0 Å². The summed E-state index contributed by atoms with van der Waals surface area (Å²) in [5.41, 5.74) is 4.50. The van der Waals surface area contributed by atoms with Crippen LogP contribution < -0.4 is 4.74 Å². The van der Waals surface area contributed by atoms with Crippen LogP contribution in [0, 0.1) is 6.92 Å². The molecule has 1 N–H and O–H groups in total. The lowest BCUT2D eigenvalue weighted by molar-refractivity contribution is 0.0705. The average Bonchev–Trinajstić information content (AvgIpc) is 3.19. The molecule has 1 amide bonds. The Bertz CT molecular complexity index is 965. The van der Waals surface area contributed by atoms with E-state index in [4.69, 9.17) is 9.72 Å². The quantitative estimate of drug-likeness (QED) is 0.752. The number of hydrogen-bond donors (Lipinski definition) is 1. The van der Waals surface area contributed by atoms with Gasteiger partial charge in [0.1, 0.15) is 5.75 Å². The second-order valence-electron chi connectivity index (χ2n) is 7.18. The molecule has 0 aliphatic carbocycles. The third kappa shape index (κ3) is 3.63. The molecule has 1 aliphatic heterocycles. The van der Waals surface area contributed by atoms with Crippen LogP contribution in [0.15, 0.2) is 48.7 Å². The van der Waals surface area contributed by atoms with Crippen molar-refractivity contribution in [2.75, 3.05) is 20.2 Å². The summed E-state index contributed by atoms with van der Waals surface area (Å²) in [5.74, 6) is 1.11. The fourth-order valence-electron chi connectivity index (χ4n) is 3.74. The van der Waals surface area contributed by atoms with Crippen molar-refractivity contribution < 1.29 is 9.53 Å². The van der Waals surface area contributed by atoms with E-state index in [9.17, 15) is 4.79 Å². The van der Waals surface area contributed by atoms with E-state index >= 15 is 0 Å². The molecular weight excluding hydrogens is 352 g/mol. The van der Waals surface area contributed by atoms with Gasteiger partial charge in [0, 0.05) is 36.0 Å². The number of pyridine rings is 1. The first-order valence-electron chi connectivity index (χ1n) is 9.56. The van der Waals surface area contributed by atoms with Crippen LogP contribution >= 0.6 is 0 Å². The van der Waals surface area contributed by atoms with E-state index < -0.39 is 0 Å². The highest BCUT2D eigenvalue weighted by Crippen LogP contribution is 2.29. The van der Waals surface area contributed by atoms with Crippen molar-refractivity contribution in [3.8, 4) is 17.0 Å². The predicted molar refractivity (Wildman–Crippen MR) is 107 cm³/mol. The van der Waals surface area contributed by atoms with E-state index in [0.717, 1.165) is 47.8 Å². The average molecular weight is 376 g/mol. The highest BCUT2D eigenvalue weighted by molar-refractivity contribution is 5.95. The van der Waals surface area contributed by atoms with Gasteiger partial charge in [-0.1, -0.05) is 6.07 Å². The summed E-state index contributed by atoms with van der Waals surface area (Å²) in [6, 6.07) is 14.0. The Kier molecular flexibility index (Phi) is 5.10. The lowest BCUT2D eigenvalue weighted by Gasteiger charge is -2.32. The number of aryl methyl sites for hydroxylation is 1. The molecule has 2 aromatic heterocycles. The maximum Gasteiger partial charge on any atom is 0.257 e. The van der Waals surface area contributed by atoms with Crippen LogP contribution in [0.25, 0.3) is 11.3 Å². The number of H-pyrrole nitrogens is 1. The first-order chi connectivity index (χ1) is 13.7. The molecular formula is C22H24N4O2. The van der Waals surface area contributed by atoms with Crippen molar-refractivity contribution in [1.82, 2.24) is 20.1 Å². The minimum Gasteiger partial charge on any atom is -0.497 e. The molecule has 1 saturated heterocycles. The second kappa shape index (κ2) is 7.84. The van der Waals surface area contributed by atoms with Crippen molar-refractivity contribution >= 4 is 5.91 Å². The van der Waals surface area contributed by atoms with Gasteiger partial charge in [-0.2, -0.15) is 5.10 Å². The molecule has 6 heteroatoms. The Morgan fingerprint density at radius 3 is 2.75 bits per heavy atom. The summed E-state index contributed by atoms with van der Waals surface area (Å²) >= 11 is 0. The molecule has 28 heavy (non-hydrogen) atoms. The van der Waals surface area contributed by atoms with Gasteiger partial charge in [-0.05, 0) is 56.2 Å². The monoisotopic (exact) mass is 376 g/mol. The lowest BCUT2D eigenvalue weighted by atomic mass is 9.93. The maximum absolute atomic E-state index is 12.8. The number of carbonyl (C=O) groups is 1. The van der Waals surface area contributed by atoms with Crippen molar-refractivity contribution in [3.63, 3.8) is 0 Å². The van der Waals surface area contributed by atoms with Crippen LogP contribution in [-0.2, 0) is 0 Å². The first-order valence-corrected chi connectivity index (χ1v) is 9.56. The number of nitrogens with zero attached hydrogens (tertiary/aromatic N) is 3. The molecule has 0 saturated carbocycles. The number of amides is 1. The molecule has 4 rings (SSSR count). The van der Waals surface area contributed by atoms with Gasteiger partial charge >= 0.3 is 0 Å². The Morgan fingerprint density at radius 1 is 1.21 bits per heavy atom. The number of nitrogens with one attached hydrogen (secondary N) is 1. The zero-order valence-electron chi connectivity index (χ0n) is 16.2. The zero-order valence-corrected chi connectivity index (χ0v) is 16.2. The Hall–Kier alpha value is -3.15. The van der Waals surface area contributed by atoms with Gasteiger partial charge in [-0.15, -0.1) is 0 Å². The summed E-state index contributed by atoms with van der Waals surface area (Å²) in [6.07, 6.45) is 3.62. The third-order valence-corrected chi connectivity index (χ3v) is 5.34. The van der Waals surface area contributed by atoms with Gasteiger partial charge in [0.15, 0.2) is 0 Å². The third-order valence-electron chi connectivity index (χ3n) is 5.34. The molecule has 144 valence electrons. The molecule has 1 atom stereocenters. The first kappa shape index (κ1) is 18.2. The minimum atomic E-state index is 0.0438. The lowest BCUT2D eigenvalue weighted by Crippen LogP contribution is -2.39. The van der Waals surface area contributed by atoms with E-state index in [1.807, 2.05) is 48.2 Å². The Balaban J connectivity index is 1.53. The number of rotatable bonds is 4. The van der Waals surface area contributed by atoms with Gasteiger partial charge in [0.2, 0.25) is 0 Å². The van der Waals surface area contributed by atoms with E-state index in [1.54, 1.807) is 13.3 Å². The molecule has 0 spiro atoms. The SMILES string of the molecule is COc1ccc(-c2cccc([C@@H]3CCCN(C(=O)c4cn[nH]c4C)C3)n2)cc1. The van der Waals surface area contributed by atoms with Crippen molar-refractivity contribution in [1.29, 1.82) is 0 Å². The summed E-state index contributed by atoms with van der Waals surface area (Å²) in [7, 11) is 1.66. The van der Waals surface area contributed by atoms with Crippen molar-refractivity contribution in [3.05, 3.63) is 65.6 Å². The van der Waals surface area contributed by atoms with E-state index in [2.05, 4.69) is 16.3 Å². The molecule has 6 nitrogen and oxygen atoms in total. The molecule has 3 aromatic rings. The standard InChI is InChI=1S/C22H24N4O2/c1-15-19(13-23-25-15)22(27)26-12-4-5-17(14-26)21-7-3-6-20(24-21)16-8-10-18(28-2)11-9-16/h3,6-11,13,17H,4-5,12,14H2,1-2H3,(H,23,25)/t17-/m1/s1. The molecule has 0 radical (unpaired) electrons. The van der Waals surface area contributed by atoms with Crippen LogP contribution in [0.4, 0.5) is 0 Å². The summed E-state index contributed by atoms with van der Waals surface area (Å²) < 4.78 is 5.23. The van der Waals surface area contributed by atoms with Crippen LogP contribution in [0.1, 0.15) is 40.5 Å². The number of hydrogen-bond acceptors (Lipinski definition) is 4. The van der Waals surface area contributed by atoms with Gasteiger partial charge in [0.25, 0.3) is 5.91 Å². The van der Waals surface area contributed by atoms with Crippen LogP contribution in [-0.4, -0.2) is 46.2 Å². The topological polar surface area (TPSA) is 71.1 Å². The van der Waals surface area contributed by atoms with Gasteiger partial charge in [-0.25, -0.2) is 0 Å². The molecule has 0 bridgehead atoms. The summed E-state index contributed by atoms with van der Waals surface area (Å²) in [4.78, 5) is 19.7. The fraction of sp³-hybridized carbons (Fsp3) is 0.318.